The normalized spacial score (nSPS) is 10.7. The Hall–Kier alpha value is -1.80. The highest BCUT2D eigenvalue weighted by molar-refractivity contribution is 5.45. The summed E-state index contributed by atoms with van der Waals surface area (Å²) in [6.07, 6.45) is 0. The van der Waals surface area contributed by atoms with Crippen LogP contribution in [-0.4, -0.2) is 27.7 Å². The van der Waals surface area contributed by atoms with Crippen molar-refractivity contribution in [3.8, 4) is 11.9 Å². The van der Waals surface area contributed by atoms with E-state index in [1.54, 1.807) is 6.92 Å². The molecule has 0 unspecified atom stereocenters. The van der Waals surface area contributed by atoms with Crippen LogP contribution in [0.1, 0.15) is 30.5 Å². The first-order valence-corrected chi connectivity index (χ1v) is 6.01. The zero-order valence-corrected chi connectivity index (χ0v) is 11.3. The number of nitrogens with zero attached hydrogens (tertiary/aromatic N) is 3. The van der Waals surface area contributed by atoms with E-state index in [-0.39, 0.29) is 11.4 Å². The Balaban J connectivity index is 3.41. The van der Waals surface area contributed by atoms with E-state index < -0.39 is 5.56 Å². The second-order valence-electron chi connectivity index (χ2n) is 4.24. The maximum atomic E-state index is 11.8. The first kappa shape index (κ1) is 14.3. The Morgan fingerprint density at radius 2 is 1.94 bits per heavy atom. The molecule has 18 heavy (non-hydrogen) atoms. The maximum absolute atomic E-state index is 11.8. The topological polar surface area (TPSA) is 69.3 Å². The monoisotopic (exact) mass is 249 g/mol. The number of hydrogen-bond acceptors (Lipinski definition) is 4. The molecule has 5 nitrogen and oxygen atoms in total. The molecule has 0 aliphatic carbocycles. The molecule has 0 atom stereocenters. The molecule has 0 spiro atoms. The van der Waals surface area contributed by atoms with E-state index >= 15 is 0 Å². The number of aromatic nitrogens is 1. The molecule has 1 N–H and O–H groups in total. The van der Waals surface area contributed by atoms with Crippen molar-refractivity contribution in [1.29, 1.82) is 5.26 Å². The summed E-state index contributed by atoms with van der Waals surface area (Å²) < 4.78 is 1.13. The second-order valence-corrected chi connectivity index (χ2v) is 4.24. The highest BCUT2D eigenvalue weighted by Crippen LogP contribution is 2.22. The van der Waals surface area contributed by atoms with Crippen molar-refractivity contribution in [3.05, 3.63) is 27.0 Å². The van der Waals surface area contributed by atoms with Gasteiger partial charge in [0.1, 0.15) is 11.6 Å². The van der Waals surface area contributed by atoms with Crippen molar-refractivity contribution in [1.82, 2.24) is 9.47 Å². The van der Waals surface area contributed by atoms with Gasteiger partial charge in [-0.3, -0.25) is 14.3 Å². The maximum Gasteiger partial charge on any atom is 0.271 e. The summed E-state index contributed by atoms with van der Waals surface area (Å²) in [7, 11) is 1.48. The minimum atomic E-state index is -0.448. The minimum absolute atomic E-state index is 0.0524. The van der Waals surface area contributed by atoms with Crippen molar-refractivity contribution in [3.63, 3.8) is 0 Å². The Morgan fingerprint density at radius 3 is 2.39 bits per heavy atom. The molecular formula is C13H19N3O2. The third-order valence-electron chi connectivity index (χ3n) is 3.32. The third-order valence-corrected chi connectivity index (χ3v) is 3.32. The van der Waals surface area contributed by atoms with Crippen LogP contribution in [0.3, 0.4) is 0 Å². The lowest BCUT2D eigenvalue weighted by Crippen LogP contribution is -2.27. The summed E-state index contributed by atoms with van der Waals surface area (Å²) in [5.74, 6) is -0.0524. The molecule has 0 radical (unpaired) electrons. The largest absolute Gasteiger partial charge is 0.494 e. The molecule has 5 heteroatoms. The van der Waals surface area contributed by atoms with Gasteiger partial charge in [-0.05, 0) is 25.6 Å². The van der Waals surface area contributed by atoms with Gasteiger partial charge in [-0.1, -0.05) is 13.8 Å². The fourth-order valence-electron chi connectivity index (χ4n) is 1.94. The van der Waals surface area contributed by atoms with E-state index in [4.69, 9.17) is 5.26 Å². The summed E-state index contributed by atoms with van der Waals surface area (Å²) in [5.41, 5.74) is 0.885. The van der Waals surface area contributed by atoms with Crippen molar-refractivity contribution < 1.29 is 5.11 Å². The number of aromatic hydroxyl groups is 1. The first-order chi connectivity index (χ1) is 8.47. The molecule has 1 aromatic heterocycles. The predicted octanol–water partition coefficient (Wildman–Crippen LogP) is 1.11. The average molecular weight is 249 g/mol. The lowest BCUT2D eigenvalue weighted by molar-refractivity contribution is 0.286. The zero-order chi connectivity index (χ0) is 13.9. The molecule has 0 fully saturated rings. The van der Waals surface area contributed by atoms with Gasteiger partial charge in [0.2, 0.25) is 0 Å². The number of nitriles is 1. The Kier molecular flexibility index (Phi) is 4.51. The summed E-state index contributed by atoms with van der Waals surface area (Å²) in [6, 6.07) is 1.92. The molecule has 98 valence electrons. The van der Waals surface area contributed by atoms with E-state index in [9.17, 15) is 9.90 Å². The average Bonchev–Trinajstić information content (AvgIpc) is 2.37. The highest BCUT2D eigenvalue weighted by Gasteiger charge is 2.18. The lowest BCUT2D eigenvalue weighted by Gasteiger charge is -2.21. The Labute approximate surface area is 107 Å². The molecule has 1 rings (SSSR count). The zero-order valence-electron chi connectivity index (χ0n) is 11.3. The van der Waals surface area contributed by atoms with Crippen molar-refractivity contribution in [2.24, 2.45) is 7.05 Å². The summed E-state index contributed by atoms with van der Waals surface area (Å²) in [4.78, 5) is 13.9. The van der Waals surface area contributed by atoms with Gasteiger partial charge >= 0.3 is 0 Å². The van der Waals surface area contributed by atoms with E-state index in [0.29, 0.717) is 17.7 Å². The fraction of sp³-hybridized carbons (Fsp3) is 0.538. The summed E-state index contributed by atoms with van der Waals surface area (Å²) >= 11 is 0. The van der Waals surface area contributed by atoms with E-state index in [1.165, 1.54) is 7.05 Å². The molecule has 0 amide bonds. The standard InChI is InChI=1S/C13H19N3O2/c1-5-16(6-2)8-11-9(3)10(7-14)12(17)15(4)13(11)18/h18H,5-6,8H2,1-4H3. The van der Waals surface area contributed by atoms with Gasteiger partial charge in [-0.2, -0.15) is 5.26 Å². The van der Waals surface area contributed by atoms with Gasteiger partial charge in [0.25, 0.3) is 5.56 Å². The predicted molar refractivity (Wildman–Crippen MR) is 69.4 cm³/mol. The van der Waals surface area contributed by atoms with Crippen molar-refractivity contribution in [2.75, 3.05) is 13.1 Å². The number of pyridine rings is 1. The lowest BCUT2D eigenvalue weighted by atomic mass is 10.0. The van der Waals surface area contributed by atoms with Gasteiger partial charge in [-0.25, -0.2) is 0 Å². The molecule has 0 aliphatic heterocycles. The van der Waals surface area contributed by atoms with Crippen LogP contribution in [0.2, 0.25) is 0 Å². The van der Waals surface area contributed by atoms with Crippen LogP contribution in [0.25, 0.3) is 0 Å². The van der Waals surface area contributed by atoms with Crippen molar-refractivity contribution >= 4 is 0 Å². The van der Waals surface area contributed by atoms with Crippen LogP contribution >= 0.6 is 0 Å². The van der Waals surface area contributed by atoms with Crippen LogP contribution in [0.4, 0.5) is 0 Å². The van der Waals surface area contributed by atoms with Crippen molar-refractivity contribution in [2.45, 2.75) is 27.3 Å². The summed E-state index contributed by atoms with van der Waals surface area (Å²) in [5, 5.41) is 19.1. The van der Waals surface area contributed by atoms with Crippen LogP contribution in [-0.2, 0) is 13.6 Å². The molecule has 1 aromatic rings. The molecule has 0 saturated carbocycles. The molecule has 0 aromatic carbocycles. The van der Waals surface area contributed by atoms with Crippen LogP contribution in [0, 0.1) is 18.3 Å². The highest BCUT2D eigenvalue weighted by atomic mass is 16.3. The first-order valence-electron chi connectivity index (χ1n) is 6.01. The number of hydrogen-bond donors (Lipinski definition) is 1. The SMILES string of the molecule is CCN(CC)Cc1c(C)c(C#N)c(=O)n(C)c1O. The summed E-state index contributed by atoms with van der Waals surface area (Å²) in [6.45, 7) is 8.00. The third kappa shape index (κ3) is 2.39. The fourth-order valence-corrected chi connectivity index (χ4v) is 1.94. The van der Waals surface area contributed by atoms with E-state index in [2.05, 4.69) is 4.90 Å². The second kappa shape index (κ2) is 5.69. The van der Waals surface area contributed by atoms with Gasteiger partial charge in [0.15, 0.2) is 5.88 Å². The van der Waals surface area contributed by atoms with Crippen LogP contribution < -0.4 is 5.56 Å². The van der Waals surface area contributed by atoms with E-state index in [0.717, 1.165) is 17.7 Å². The van der Waals surface area contributed by atoms with Crippen LogP contribution in [0.5, 0.6) is 5.88 Å². The van der Waals surface area contributed by atoms with Gasteiger partial charge in [0.05, 0.1) is 0 Å². The van der Waals surface area contributed by atoms with Gasteiger partial charge < -0.3 is 5.11 Å². The molecule has 1 heterocycles. The van der Waals surface area contributed by atoms with E-state index in [1.807, 2.05) is 19.9 Å². The smallest absolute Gasteiger partial charge is 0.271 e. The Morgan fingerprint density at radius 1 is 1.39 bits per heavy atom. The Bertz CT molecular complexity index is 537. The van der Waals surface area contributed by atoms with Gasteiger partial charge in [-0.15, -0.1) is 0 Å². The molecule has 0 aliphatic rings. The quantitative estimate of drug-likeness (QED) is 0.868. The molecule has 0 bridgehead atoms. The van der Waals surface area contributed by atoms with Crippen LogP contribution in [0.15, 0.2) is 4.79 Å². The molecule has 0 saturated heterocycles. The number of rotatable bonds is 4. The minimum Gasteiger partial charge on any atom is -0.494 e. The molecular weight excluding hydrogens is 230 g/mol. The van der Waals surface area contributed by atoms with Gasteiger partial charge in [0, 0.05) is 19.2 Å².